The molecule has 21 heavy (non-hydrogen) atoms. The standard InChI is InChI=1S/C15H15NO5/c1-19-14(17)10-4-3-5-11(8-10)16-9-12-6-7-13(21-12)15(18)20-2/h3-8,16H,9H2,1-2H3. The molecule has 1 aromatic carbocycles. The van der Waals surface area contributed by atoms with E-state index < -0.39 is 11.9 Å². The Balaban J connectivity index is 2.01. The number of ether oxygens (including phenoxy) is 2. The lowest BCUT2D eigenvalue weighted by molar-refractivity contribution is 0.0561. The normalized spacial score (nSPS) is 10.0. The molecule has 6 heteroatoms. The number of carbonyl (C=O) groups excluding carboxylic acids is 2. The number of furan rings is 1. The van der Waals surface area contributed by atoms with Gasteiger partial charge in [0.2, 0.25) is 5.76 Å². The molecule has 0 unspecified atom stereocenters. The summed E-state index contributed by atoms with van der Waals surface area (Å²) < 4.78 is 14.6. The number of nitrogens with one attached hydrogen (secondary N) is 1. The van der Waals surface area contributed by atoms with E-state index in [2.05, 4.69) is 14.8 Å². The summed E-state index contributed by atoms with van der Waals surface area (Å²) in [4.78, 5) is 22.7. The van der Waals surface area contributed by atoms with Crippen molar-refractivity contribution in [3.63, 3.8) is 0 Å². The predicted molar refractivity (Wildman–Crippen MR) is 75.2 cm³/mol. The summed E-state index contributed by atoms with van der Waals surface area (Å²) in [6.45, 7) is 0.377. The van der Waals surface area contributed by atoms with Crippen molar-refractivity contribution in [2.24, 2.45) is 0 Å². The van der Waals surface area contributed by atoms with E-state index >= 15 is 0 Å². The maximum atomic E-state index is 11.4. The molecule has 2 rings (SSSR count). The van der Waals surface area contributed by atoms with Crippen LogP contribution < -0.4 is 5.32 Å². The summed E-state index contributed by atoms with van der Waals surface area (Å²) in [5.41, 5.74) is 1.20. The van der Waals surface area contributed by atoms with E-state index in [9.17, 15) is 9.59 Å². The molecule has 0 saturated carbocycles. The lowest BCUT2D eigenvalue weighted by atomic mass is 10.2. The van der Waals surface area contributed by atoms with E-state index in [0.717, 1.165) is 5.69 Å². The molecule has 0 amide bonds. The molecule has 0 fully saturated rings. The Labute approximate surface area is 121 Å². The van der Waals surface area contributed by atoms with Gasteiger partial charge < -0.3 is 19.2 Å². The molecule has 0 aliphatic rings. The third kappa shape index (κ3) is 3.62. The number of methoxy groups -OCH3 is 2. The lowest BCUT2D eigenvalue weighted by Crippen LogP contribution is -2.03. The van der Waals surface area contributed by atoms with E-state index in [0.29, 0.717) is 17.9 Å². The second-order valence-electron chi connectivity index (χ2n) is 4.18. The van der Waals surface area contributed by atoms with Crippen LogP contribution in [0.5, 0.6) is 0 Å². The average molecular weight is 289 g/mol. The molecule has 110 valence electrons. The van der Waals surface area contributed by atoms with Crippen LogP contribution in [0.1, 0.15) is 26.7 Å². The smallest absolute Gasteiger partial charge is 0.373 e. The highest BCUT2D eigenvalue weighted by molar-refractivity contribution is 5.90. The second kappa shape index (κ2) is 6.60. The Hall–Kier alpha value is -2.76. The van der Waals surface area contributed by atoms with Gasteiger partial charge in [0.1, 0.15) is 5.76 Å². The van der Waals surface area contributed by atoms with E-state index in [1.54, 1.807) is 30.3 Å². The largest absolute Gasteiger partial charge is 0.465 e. The van der Waals surface area contributed by atoms with Gasteiger partial charge in [0, 0.05) is 5.69 Å². The van der Waals surface area contributed by atoms with Gasteiger partial charge in [-0.2, -0.15) is 0 Å². The summed E-state index contributed by atoms with van der Waals surface area (Å²) in [5, 5.41) is 3.10. The van der Waals surface area contributed by atoms with Crippen LogP contribution >= 0.6 is 0 Å². The molecule has 0 atom stereocenters. The van der Waals surface area contributed by atoms with E-state index in [4.69, 9.17) is 4.42 Å². The molecule has 1 N–H and O–H groups in total. The molecule has 0 aliphatic heterocycles. The summed E-state index contributed by atoms with van der Waals surface area (Å²) in [5.74, 6) is -0.185. The third-order valence-electron chi connectivity index (χ3n) is 2.80. The number of hydrogen-bond donors (Lipinski definition) is 1. The molecule has 0 radical (unpaired) electrons. The van der Waals surface area contributed by atoms with E-state index in [1.807, 2.05) is 6.07 Å². The minimum absolute atomic E-state index is 0.151. The minimum atomic E-state index is -0.520. The zero-order chi connectivity index (χ0) is 15.2. The molecular weight excluding hydrogens is 274 g/mol. The van der Waals surface area contributed by atoms with Crippen LogP contribution in [0.4, 0.5) is 5.69 Å². The van der Waals surface area contributed by atoms with Gasteiger partial charge in [-0.05, 0) is 30.3 Å². The summed E-state index contributed by atoms with van der Waals surface area (Å²) in [6, 6.07) is 10.1. The van der Waals surface area contributed by atoms with Crippen LogP contribution in [0.2, 0.25) is 0 Å². The van der Waals surface area contributed by atoms with Gasteiger partial charge in [-0.3, -0.25) is 0 Å². The van der Waals surface area contributed by atoms with Gasteiger partial charge in [0.25, 0.3) is 0 Å². The van der Waals surface area contributed by atoms with Gasteiger partial charge in [-0.1, -0.05) is 6.07 Å². The van der Waals surface area contributed by atoms with Crippen molar-refractivity contribution in [2.75, 3.05) is 19.5 Å². The van der Waals surface area contributed by atoms with Gasteiger partial charge >= 0.3 is 11.9 Å². The number of carbonyl (C=O) groups is 2. The fraction of sp³-hybridized carbons (Fsp3) is 0.200. The van der Waals surface area contributed by atoms with Crippen LogP contribution in [0.15, 0.2) is 40.8 Å². The Morgan fingerprint density at radius 3 is 2.57 bits per heavy atom. The fourth-order valence-corrected chi connectivity index (χ4v) is 1.75. The van der Waals surface area contributed by atoms with Gasteiger partial charge in [0.05, 0.1) is 26.3 Å². The Morgan fingerprint density at radius 2 is 1.86 bits per heavy atom. The average Bonchev–Trinajstić information content (AvgIpc) is 3.00. The maximum absolute atomic E-state index is 11.4. The van der Waals surface area contributed by atoms with Crippen LogP contribution in [0, 0.1) is 0 Å². The topological polar surface area (TPSA) is 77.8 Å². The van der Waals surface area contributed by atoms with Crippen molar-refractivity contribution >= 4 is 17.6 Å². The third-order valence-corrected chi connectivity index (χ3v) is 2.80. The first-order valence-electron chi connectivity index (χ1n) is 6.23. The van der Waals surface area contributed by atoms with Gasteiger partial charge in [0.15, 0.2) is 0 Å². The highest BCUT2D eigenvalue weighted by Crippen LogP contribution is 2.15. The summed E-state index contributed by atoms with van der Waals surface area (Å²) in [6.07, 6.45) is 0. The molecule has 2 aromatic rings. The molecule has 0 bridgehead atoms. The molecule has 0 spiro atoms. The first-order chi connectivity index (χ1) is 10.1. The Morgan fingerprint density at radius 1 is 1.10 bits per heavy atom. The Bertz CT molecular complexity index is 647. The fourth-order valence-electron chi connectivity index (χ4n) is 1.75. The zero-order valence-corrected chi connectivity index (χ0v) is 11.7. The second-order valence-corrected chi connectivity index (χ2v) is 4.18. The van der Waals surface area contributed by atoms with Gasteiger partial charge in [-0.25, -0.2) is 9.59 Å². The number of esters is 2. The molecule has 1 heterocycles. The quantitative estimate of drug-likeness (QED) is 0.852. The maximum Gasteiger partial charge on any atom is 0.373 e. The van der Waals surface area contributed by atoms with Crippen molar-refractivity contribution in [3.8, 4) is 0 Å². The van der Waals surface area contributed by atoms with Crippen molar-refractivity contribution < 1.29 is 23.5 Å². The molecular formula is C15H15NO5. The van der Waals surface area contributed by atoms with Crippen LogP contribution in [-0.2, 0) is 16.0 Å². The Kier molecular flexibility index (Phi) is 4.61. The first kappa shape index (κ1) is 14.6. The zero-order valence-electron chi connectivity index (χ0n) is 11.7. The number of anilines is 1. The van der Waals surface area contributed by atoms with Crippen LogP contribution in [-0.4, -0.2) is 26.2 Å². The van der Waals surface area contributed by atoms with Crippen molar-refractivity contribution in [2.45, 2.75) is 6.54 Å². The predicted octanol–water partition coefficient (Wildman–Crippen LogP) is 2.46. The minimum Gasteiger partial charge on any atom is -0.465 e. The van der Waals surface area contributed by atoms with Crippen molar-refractivity contribution in [1.29, 1.82) is 0 Å². The monoisotopic (exact) mass is 289 g/mol. The number of benzene rings is 1. The lowest BCUT2D eigenvalue weighted by Gasteiger charge is -2.06. The van der Waals surface area contributed by atoms with Crippen LogP contribution in [0.25, 0.3) is 0 Å². The van der Waals surface area contributed by atoms with Gasteiger partial charge in [-0.15, -0.1) is 0 Å². The molecule has 0 saturated heterocycles. The molecule has 0 aliphatic carbocycles. The molecule has 6 nitrogen and oxygen atoms in total. The first-order valence-corrected chi connectivity index (χ1v) is 6.23. The van der Waals surface area contributed by atoms with Crippen molar-refractivity contribution in [3.05, 3.63) is 53.5 Å². The SMILES string of the molecule is COC(=O)c1cccc(NCc2ccc(C(=O)OC)o2)c1. The number of rotatable bonds is 5. The highest BCUT2D eigenvalue weighted by Gasteiger charge is 2.11. The van der Waals surface area contributed by atoms with E-state index in [1.165, 1.54) is 14.2 Å². The van der Waals surface area contributed by atoms with E-state index in [-0.39, 0.29) is 5.76 Å². The molecule has 1 aromatic heterocycles. The van der Waals surface area contributed by atoms with Crippen LogP contribution in [0.3, 0.4) is 0 Å². The summed E-state index contributed by atoms with van der Waals surface area (Å²) in [7, 11) is 2.63. The van der Waals surface area contributed by atoms with Crippen molar-refractivity contribution in [1.82, 2.24) is 0 Å². The summed E-state index contributed by atoms with van der Waals surface area (Å²) >= 11 is 0. The number of hydrogen-bond acceptors (Lipinski definition) is 6. The highest BCUT2D eigenvalue weighted by atomic mass is 16.5.